The van der Waals surface area contributed by atoms with Crippen molar-refractivity contribution in [3.8, 4) is 5.69 Å². The van der Waals surface area contributed by atoms with Crippen molar-refractivity contribution in [2.45, 2.75) is 18.9 Å². The quantitative estimate of drug-likeness (QED) is 0.676. The molecule has 2 aromatic heterocycles. The fourth-order valence-corrected chi connectivity index (χ4v) is 3.72. The number of hydrogen-bond donors (Lipinski definition) is 1. The van der Waals surface area contributed by atoms with Gasteiger partial charge in [-0.05, 0) is 31.1 Å². The van der Waals surface area contributed by atoms with Crippen molar-refractivity contribution in [3.05, 3.63) is 65.9 Å². The van der Waals surface area contributed by atoms with Gasteiger partial charge in [0, 0.05) is 36.0 Å². The van der Waals surface area contributed by atoms with Crippen LogP contribution in [0.25, 0.3) is 11.8 Å². The van der Waals surface area contributed by atoms with Crippen LogP contribution >= 0.6 is 11.3 Å². The number of anilines is 1. The highest BCUT2D eigenvalue weighted by atomic mass is 32.1. The SMILES string of the molecule is O=C(Nc1nccs1)C1CCCN1C(=O)/C=C/c1cnn(-c2ccccc2)c1. The lowest BCUT2D eigenvalue weighted by atomic mass is 10.2. The Balaban J connectivity index is 1.41. The third-order valence-electron chi connectivity index (χ3n) is 4.54. The Labute approximate surface area is 166 Å². The van der Waals surface area contributed by atoms with E-state index in [1.54, 1.807) is 33.4 Å². The molecule has 1 aliphatic rings. The van der Waals surface area contributed by atoms with Gasteiger partial charge in [0.05, 0.1) is 11.9 Å². The number of carbonyl (C=O) groups excluding carboxylic acids is 2. The lowest BCUT2D eigenvalue weighted by Gasteiger charge is -2.22. The maximum absolute atomic E-state index is 12.6. The van der Waals surface area contributed by atoms with Gasteiger partial charge in [0.25, 0.3) is 0 Å². The minimum atomic E-state index is -0.465. The number of aromatic nitrogens is 3. The number of likely N-dealkylation sites (tertiary alicyclic amines) is 1. The summed E-state index contributed by atoms with van der Waals surface area (Å²) in [5.41, 5.74) is 1.77. The van der Waals surface area contributed by atoms with Gasteiger partial charge in [-0.3, -0.25) is 9.59 Å². The van der Waals surface area contributed by atoms with Gasteiger partial charge in [0.1, 0.15) is 6.04 Å². The molecule has 1 aliphatic heterocycles. The first-order valence-corrected chi connectivity index (χ1v) is 9.88. The zero-order valence-electron chi connectivity index (χ0n) is 15.1. The number of nitrogens with one attached hydrogen (secondary N) is 1. The zero-order valence-corrected chi connectivity index (χ0v) is 15.9. The van der Waals surface area contributed by atoms with E-state index in [-0.39, 0.29) is 11.8 Å². The molecule has 142 valence electrons. The number of benzene rings is 1. The Morgan fingerprint density at radius 2 is 2.11 bits per heavy atom. The molecule has 7 nitrogen and oxygen atoms in total. The number of nitrogens with zero attached hydrogens (tertiary/aromatic N) is 4. The molecule has 28 heavy (non-hydrogen) atoms. The summed E-state index contributed by atoms with van der Waals surface area (Å²) < 4.78 is 1.75. The van der Waals surface area contributed by atoms with Crippen LogP contribution in [0.15, 0.2) is 60.4 Å². The number of rotatable bonds is 5. The van der Waals surface area contributed by atoms with Crippen LogP contribution in [0.2, 0.25) is 0 Å². The minimum Gasteiger partial charge on any atom is -0.327 e. The highest BCUT2D eigenvalue weighted by Crippen LogP contribution is 2.21. The molecule has 1 fully saturated rings. The summed E-state index contributed by atoms with van der Waals surface area (Å²) in [7, 11) is 0. The van der Waals surface area contributed by atoms with E-state index in [4.69, 9.17) is 0 Å². The topological polar surface area (TPSA) is 80.1 Å². The van der Waals surface area contributed by atoms with E-state index in [0.717, 1.165) is 17.7 Å². The van der Waals surface area contributed by atoms with Crippen LogP contribution in [0.5, 0.6) is 0 Å². The molecule has 1 saturated heterocycles. The van der Waals surface area contributed by atoms with Crippen LogP contribution in [0.4, 0.5) is 5.13 Å². The van der Waals surface area contributed by atoms with E-state index in [1.165, 1.54) is 17.4 Å². The highest BCUT2D eigenvalue weighted by Gasteiger charge is 2.33. The van der Waals surface area contributed by atoms with Crippen LogP contribution in [0.1, 0.15) is 18.4 Å². The van der Waals surface area contributed by atoms with Crippen molar-refractivity contribution in [3.63, 3.8) is 0 Å². The van der Waals surface area contributed by atoms with Crippen LogP contribution < -0.4 is 5.32 Å². The molecular weight excluding hydrogens is 374 g/mol. The lowest BCUT2D eigenvalue weighted by Crippen LogP contribution is -2.42. The van der Waals surface area contributed by atoms with Crippen molar-refractivity contribution in [2.75, 3.05) is 11.9 Å². The summed E-state index contributed by atoms with van der Waals surface area (Å²) in [6.45, 7) is 0.572. The fraction of sp³-hybridized carbons (Fsp3) is 0.200. The summed E-state index contributed by atoms with van der Waals surface area (Å²) in [6, 6.07) is 9.29. The monoisotopic (exact) mass is 393 g/mol. The molecule has 0 saturated carbocycles. The first kappa shape index (κ1) is 18.1. The van der Waals surface area contributed by atoms with Crippen molar-refractivity contribution in [2.24, 2.45) is 0 Å². The van der Waals surface area contributed by atoms with Gasteiger partial charge in [0.2, 0.25) is 11.8 Å². The van der Waals surface area contributed by atoms with Gasteiger partial charge in [-0.15, -0.1) is 11.3 Å². The molecule has 0 spiro atoms. The molecule has 2 amide bonds. The van der Waals surface area contributed by atoms with Crippen molar-refractivity contribution < 1.29 is 9.59 Å². The second kappa shape index (κ2) is 8.18. The fourth-order valence-electron chi connectivity index (χ4n) is 3.18. The molecule has 1 N–H and O–H groups in total. The standard InChI is InChI=1S/C20H19N5O2S/c26-18(9-8-15-13-22-25(14-15)16-5-2-1-3-6-16)24-11-4-7-17(24)19(27)23-20-21-10-12-28-20/h1-3,5-6,8-10,12-14,17H,4,7,11H2,(H,21,23,27)/b9-8+. The number of para-hydroxylation sites is 1. The summed E-state index contributed by atoms with van der Waals surface area (Å²) in [6.07, 6.45) is 9.88. The number of hydrogen-bond acceptors (Lipinski definition) is 5. The third-order valence-corrected chi connectivity index (χ3v) is 5.23. The van der Waals surface area contributed by atoms with E-state index in [1.807, 2.05) is 36.5 Å². The first-order valence-electron chi connectivity index (χ1n) is 9.00. The van der Waals surface area contributed by atoms with Gasteiger partial charge >= 0.3 is 0 Å². The highest BCUT2D eigenvalue weighted by molar-refractivity contribution is 7.13. The molecule has 1 unspecified atom stereocenters. The van der Waals surface area contributed by atoms with Crippen LogP contribution in [0, 0.1) is 0 Å². The number of carbonyl (C=O) groups is 2. The summed E-state index contributed by atoms with van der Waals surface area (Å²) in [5, 5.41) is 9.44. The average molecular weight is 393 g/mol. The normalized spacial score (nSPS) is 16.6. The van der Waals surface area contributed by atoms with Crippen LogP contribution in [-0.4, -0.2) is 44.1 Å². The maximum Gasteiger partial charge on any atom is 0.248 e. The molecule has 3 heterocycles. The maximum atomic E-state index is 12.6. The van der Waals surface area contributed by atoms with Gasteiger partial charge in [-0.2, -0.15) is 5.10 Å². The molecule has 0 bridgehead atoms. The summed E-state index contributed by atoms with van der Waals surface area (Å²) in [5.74, 6) is -0.365. The van der Waals surface area contributed by atoms with Crippen LogP contribution in [-0.2, 0) is 9.59 Å². The molecular formula is C20H19N5O2S. The molecule has 1 atom stereocenters. The molecule has 4 rings (SSSR count). The van der Waals surface area contributed by atoms with Crippen molar-refractivity contribution >= 4 is 34.4 Å². The molecule has 3 aromatic rings. The summed E-state index contributed by atoms with van der Waals surface area (Å²) in [4.78, 5) is 30.8. The van der Waals surface area contributed by atoms with Crippen LogP contribution in [0.3, 0.4) is 0 Å². The lowest BCUT2D eigenvalue weighted by molar-refractivity contribution is -0.132. The molecule has 8 heteroatoms. The first-order chi connectivity index (χ1) is 13.7. The van der Waals surface area contributed by atoms with Crippen molar-refractivity contribution in [1.82, 2.24) is 19.7 Å². The number of thiazole rings is 1. The summed E-state index contributed by atoms with van der Waals surface area (Å²) >= 11 is 1.36. The molecule has 0 radical (unpaired) electrons. The molecule has 1 aromatic carbocycles. The van der Waals surface area contributed by atoms with E-state index < -0.39 is 6.04 Å². The van der Waals surface area contributed by atoms with Gasteiger partial charge in [-0.25, -0.2) is 9.67 Å². The Morgan fingerprint density at radius 1 is 1.25 bits per heavy atom. The minimum absolute atomic E-state index is 0.177. The predicted molar refractivity (Wildman–Crippen MR) is 108 cm³/mol. The Kier molecular flexibility index (Phi) is 5.29. The van der Waals surface area contributed by atoms with Gasteiger partial charge in [-0.1, -0.05) is 18.2 Å². The average Bonchev–Trinajstić information content (AvgIpc) is 3.48. The smallest absolute Gasteiger partial charge is 0.248 e. The largest absolute Gasteiger partial charge is 0.327 e. The van der Waals surface area contributed by atoms with E-state index in [2.05, 4.69) is 15.4 Å². The van der Waals surface area contributed by atoms with E-state index in [0.29, 0.717) is 18.1 Å². The Bertz CT molecular complexity index is 981. The third kappa shape index (κ3) is 4.01. The molecule has 0 aliphatic carbocycles. The zero-order chi connectivity index (χ0) is 19.3. The van der Waals surface area contributed by atoms with Gasteiger partial charge in [0.15, 0.2) is 5.13 Å². The second-order valence-corrected chi connectivity index (χ2v) is 7.30. The Morgan fingerprint density at radius 3 is 2.89 bits per heavy atom. The van der Waals surface area contributed by atoms with E-state index in [9.17, 15) is 9.59 Å². The van der Waals surface area contributed by atoms with Gasteiger partial charge < -0.3 is 10.2 Å². The van der Waals surface area contributed by atoms with Crippen molar-refractivity contribution in [1.29, 1.82) is 0 Å². The van der Waals surface area contributed by atoms with E-state index >= 15 is 0 Å². The Hall–Kier alpha value is -3.26. The second-order valence-electron chi connectivity index (χ2n) is 6.40. The predicted octanol–water partition coefficient (Wildman–Crippen LogP) is 2.97. The number of amides is 2.